The lowest BCUT2D eigenvalue weighted by atomic mass is 9.79. The fourth-order valence-electron chi connectivity index (χ4n) is 4.50. The van der Waals surface area contributed by atoms with E-state index in [1.165, 1.54) is 45.6 Å². The molecular formula is C22H31N3O3. The van der Waals surface area contributed by atoms with Crippen LogP contribution in [0.2, 0.25) is 0 Å². The first kappa shape index (κ1) is 20.5. The summed E-state index contributed by atoms with van der Waals surface area (Å²) >= 11 is 0. The molecule has 3 rings (SSSR count). The first-order valence-corrected chi connectivity index (χ1v) is 10.4. The zero-order valence-electron chi connectivity index (χ0n) is 16.8. The van der Waals surface area contributed by atoms with E-state index in [-0.39, 0.29) is 18.1 Å². The van der Waals surface area contributed by atoms with Crippen LogP contribution in [0.25, 0.3) is 0 Å². The number of likely N-dealkylation sites (tertiary alicyclic amines) is 1. The minimum absolute atomic E-state index is 0.0572. The average molecular weight is 386 g/mol. The normalized spacial score (nSPS) is 19.4. The van der Waals surface area contributed by atoms with Crippen molar-refractivity contribution in [3.05, 3.63) is 23.8 Å². The van der Waals surface area contributed by atoms with Gasteiger partial charge in [0.05, 0.1) is 18.7 Å². The fourth-order valence-corrected chi connectivity index (χ4v) is 4.50. The second-order valence-electron chi connectivity index (χ2n) is 7.88. The number of rotatable bonds is 7. The highest BCUT2D eigenvalue weighted by Crippen LogP contribution is 2.35. The van der Waals surface area contributed by atoms with Crippen LogP contribution in [0.1, 0.15) is 56.9 Å². The lowest BCUT2D eigenvalue weighted by Gasteiger charge is -2.48. The Morgan fingerprint density at radius 3 is 2.54 bits per heavy atom. The highest BCUT2D eigenvalue weighted by molar-refractivity contribution is 5.77. The van der Waals surface area contributed by atoms with Gasteiger partial charge in [-0.15, -0.1) is 0 Å². The lowest BCUT2D eigenvalue weighted by molar-refractivity contribution is -0.124. The number of nitrogens with one attached hydrogen (secondary N) is 1. The van der Waals surface area contributed by atoms with Gasteiger partial charge in [0, 0.05) is 18.2 Å². The van der Waals surface area contributed by atoms with E-state index >= 15 is 0 Å². The Hall–Kier alpha value is -2.26. The summed E-state index contributed by atoms with van der Waals surface area (Å²) in [6, 6.07) is 7.00. The van der Waals surface area contributed by atoms with E-state index in [2.05, 4.69) is 16.3 Å². The lowest BCUT2D eigenvalue weighted by Crippen LogP contribution is -2.58. The summed E-state index contributed by atoms with van der Waals surface area (Å²) in [5.41, 5.74) is 0.606. The molecule has 1 aliphatic heterocycles. The van der Waals surface area contributed by atoms with Crippen molar-refractivity contribution >= 4 is 5.91 Å². The smallest absolute Gasteiger partial charge is 0.258 e. The molecule has 1 saturated heterocycles. The van der Waals surface area contributed by atoms with Gasteiger partial charge in [0.25, 0.3) is 5.91 Å². The van der Waals surface area contributed by atoms with Crippen LogP contribution in [0.3, 0.4) is 0 Å². The molecule has 1 aliphatic carbocycles. The first-order valence-electron chi connectivity index (χ1n) is 10.4. The minimum atomic E-state index is -0.117. The summed E-state index contributed by atoms with van der Waals surface area (Å²) < 4.78 is 10.9. The van der Waals surface area contributed by atoms with Crippen molar-refractivity contribution in [2.45, 2.75) is 56.9 Å². The summed E-state index contributed by atoms with van der Waals surface area (Å²) in [5, 5.41) is 12.1. The Morgan fingerprint density at radius 1 is 1.14 bits per heavy atom. The molecule has 28 heavy (non-hydrogen) atoms. The molecule has 1 amide bonds. The molecule has 1 aromatic carbocycles. The van der Waals surface area contributed by atoms with Gasteiger partial charge in [-0.2, -0.15) is 5.26 Å². The van der Waals surface area contributed by atoms with E-state index in [0.29, 0.717) is 23.6 Å². The van der Waals surface area contributed by atoms with Crippen molar-refractivity contribution < 1.29 is 14.3 Å². The highest BCUT2D eigenvalue weighted by Gasteiger charge is 2.38. The molecule has 6 nitrogen and oxygen atoms in total. The van der Waals surface area contributed by atoms with Gasteiger partial charge in [0.1, 0.15) is 0 Å². The molecule has 0 radical (unpaired) electrons. The molecule has 0 unspecified atom stereocenters. The third-order valence-electron chi connectivity index (χ3n) is 6.08. The summed E-state index contributed by atoms with van der Waals surface area (Å²) in [6.07, 6.45) is 9.95. The standard InChI is InChI=1S/C22H31N3O3/c1-27-20-14-18(15-23)8-9-19(20)28-16-21(26)24-17-22(10-4-2-5-11-22)25-12-6-3-7-13-25/h8-9,14H,2-7,10-13,16-17H2,1H3,(H,24,26). The monoisotopic (exact) mass is 385 g/mol. The van der Waals surface area contributed by atoms with Gasteiger partial charge in [-0.3, -0.25) is 9.69 Å². The van der Waals surface area contributed by atoms with E-state index in [4.69, 9.17) is 14.7 Å². The predicted molar refractivity (Wildman–Crippen MR) is 107 cm³/mol. The van der Waals surface area contributed by atoms with E-state index in [1.807, 2.05) is 0 Å². The highest BCUT2D eigenvalue weighted by atomic mass is 16.5. The minimum Gasteiger partial charge on any atom is -0.493 e. The molecule has 0 spiro atoms. The fraction of sp³-hybridized carbons (Fsp3) is 0.636. The van der Waals surface area contributed by atoms with Crippen molar-refractivity contribution in [1.29, 1.82) is 5.26 Å². The van der Waals surface area contributed by atoms with Gasteiger partial charge in [0.15, 0.2) is 18.1 Å². The van der Waals surface area contributed by atoms with E-state index in [9.17, 15) is 4.79 Å². The van der Waals surface area contributed by atoms with Gasteiger partial charge in [0.2, 0.25) is 0 Å². The summed E-state index contributed by atoms with van der Waals surface area (Å²) in [7, 11) is 1.52. The van der Waals surface area contributed by atoms with Crippen LogP contribution in [0.5, 0.6) is 11.5 Å². The molecule has 0 atom stereocenters. The van der Waals surface area contributed by atoms with E-state index in [0.717, 1.165) is 25.9 Å². The van der Waals surface area contributed by atoms with Crippen LogP contribution in [0.15, 0.2) is 18.2 Å². The predicted octanol–water partition coefficient (Wildman–Crippen LogP) is 3.25. The molecule has 0 bridgehead atoms. The third-order valence-corrected chi connectivity index (χ3v) is 6.08. The maximum Gasteiger partial charge on any atom is 0.258 e. The van der Waals surface area contributed by atoms with Crippen LogP contribution < -0.4 is 14.8 Å². The largest absolute Gasteiger partial charge is 0.493 e. The van der Waals surface area contributed by atoms with E-state index in [1.54, 1.807) is 18.2 Å². The number of ether oxygens (including phenoxy) is 2. The van der Waals surface area contributed by atoms with Crippen molar-refractivity contribution in [2.75, 3.05) is 33.4 Å². The second kappa shape index (κ2) is 9.79. The van der Waals surface area contributed by atoms with Gasteiger partial charge in [-0.1, -0.05) is 25.7 Å². The SMILES string of the molecule is COc1cc(C#N)ccc1OCC(=O)NCC1(N2CCCCC2)CCCCC1. The molecular weight excluding hydrogens is 354 g/mol. The van der Waals surface area contributed by atoms with Gasteiger partial charge in [-0.05, 0) is 50.9 Å². The Bertz CT molecular complexity index is 701. The average Bonchev–Trinajstić information content (AvgIpc) is 2.77. The molecule has 152 valence electrons. The number of amides is 1. The third kappa shape index (κ3) is 4.96. The molecule has 2 fully saturated rings. The molecule has 1 N–H and O–H groups in total. The maximum absolute atomic E-state index is 12.5. The molecule has 6 heteroatoms. The molecule has 1 saturated carbocycles. The van der Waals surface area contributed by atoms with Crippen LogP contribution >= 0.6 is 0 Å². The van der Waals surface area contributed by atoms with Crippen molar-refractivity contribution in [1.82, 2.24) is 10.2 Å². The number of piperidine rings is 1. The number of benzene rings is 1. The zero-order chi connectivity index (χ0) is 19.8. The van der Waals surface area contributed by atoms with Crippen LogP contribution in [-0.2, 0) is 4.79 Å². The number of carbonyl (C=O) groups excluding carboxylic acids is 1. The van der Waals surface area contributed by atoms with Gasteiger partial charge in [-0.25, -0.2) is 0 Å². The quantitative estimate of drug-likeness (QED) is 0.780. The van der Waals surface area contributed by atoms with Crippen molar-refractivity contribution in [3.8, 4) is 17.6 Å². The summed E-state index contributed by atoms with van der Waals surface area (Å²) in [4.78, 5) is 15.1. The van der Waals surface area contributed by atoms with Crippen LogP contribution in [-0.4, -0.2) is 49.7 Å². The molecule has 1 heterocycles. The summed E-state index contributed by atoms with van der Waals surface area (Å²) in [6.45, 7) is 2.93. The van der Waals surface area contributed by atoms with Crippen molar-refractivity contribution in [3.63, 3.8) is 0 Å². The Morgan fingerprint density at radius 2 is 1.86 bits per heavy atom. The Kier molecular flexibility index (Phi) is 7.16. The summed E-state index contributed by atoms with van der Waals surface area (Å²) in [5.74, 6) is 0.817. The number of hydrogen-bond acceptors (Lipinski definition) is 5. The van der Waals surface area contributed by atoms with Crippen LogP contribution in [0.4, 0.5) is 0 Å². The topological polar surface area (TPSA) is 74.6 Å². The number of hydrogen-bond donors (Lipinski definition) is 1. The zero-order valence-corrected chi connectivity index (χ0v) is 16.8. The van der Waals surface area contributed by atoms with E-state index < -0.39 is 0 Å². The van der Waals surface area contributed by atoms with Crippen molar-refractivity contribution in [2.24, 2.45) is 0 Å². The number of nitriles is 1. The maximum atomic E-state index is 12.5. The number of methoxy groups -OCH3 is 1. The van der Waals surface area contributed by atoms with Gasteiger partial charge >= 0.3 is 0 Å². The molecule has 1 aromatic rings. The second-order valence-corrected chi connectivity index (χ2v) is 7.88. The molecule has 2 aliphatic rings. The number of nitrogens with zero attached hydrogens (tertiary/aromatic N) is 2. The van der Waals surface area contributed by atoms with Gasteiger partial charge < -0.3 is 14.8 Å². The number of carbonyl (C=O) groups is 1. The molecule has 0 aromatic heterocycles. The van der Waals surface area contributed by atoms with Crippen LogP contribution in [0, 0.1) is 11.3 Å². The first-order chi connectivity index (χ1) is 13.7. The Balaban J connectivity index is 1.56. The Labute approximate surface area is 167 Å².